The summed E-state index contributed by atoms with van der Waals surface area (Å²) < 4.78 is 0. The second-order valence-corrected chi connectivity index (χ2v) is 11.1. The van der Waals surface area contributed by atoms with Crippen LogP contribution < -0.4 is 16.0 Å². The van der Waals surface area contributed by atoms with Crippen LogP contribution in [0.25, 0.3) is 0 Å². The predicted octanol–water partition coefficient (Wildman–Crippen LogP) is 4.52. The molecule has 44 heavy (non-hydrogen) atoms. The predicted molar refractivity (Wildman–Crippen MR) is 165 cm³/mol. The first kappa shape index (κ1) is 32.0. The van der Waals surface area contributed by atoms with Crippen molar-refractivity contribution in [3.05, 3.63) is 94.5 Å². The third kappa shape index (κ3) is 8.81. The van der Waals surface area contributed by atoms with Gasteiger partial charge in [0.15, 0.2) is 0 Å². The second-order valence-electron chi connectivity index (χ2n) is 10.6. The highest BCUT2D eigenvalue weighted by Gasteiger charge is 2.40. The van der Waals surface area contributed by atoms with Crippen molar-refractivity contribution in [1.82, 2.24) is 10.2 Å². The minimum atomic E-state index is -1.22. The number of anilines is 2. The average molecular weight is 621 g/mol. The van der Waals surface area contributed by atoms with Crippen molar-refractivity contribution in [2.24, 2.45) is 0 Å². The fourth-order valence-corrected chi connectivity index (χ4v) is 5.26. The fraction of sp³-hybridized carbons (Fsp3) is 0.281. The number of carbonyl (C=O) groups is 5. The molecule has 0 radical (unpaired) electrons. The number of halogens is 1. The van der Waals surface area contributed by atoms with Gasteiger partial charge in [0.1, 0.15) is 12.1 Å². The maximum atomic E-state index is 13.3. The molecule has 0 aliphatic carbocycles. The van der Waals surface area contributed by atoms with E-state index in [9.17, 15) is 29.1 Å². The number of amides is 4. The first-order chi connectivity index (χ1) is 21.0. The Morgan fingerprint density at radius 1 is 0.864 bits per heavy atom. The molecule has 4 rings (SSSR count). The number of aliphatic carboxylic acids is 2. The summed E-state index contributed by atoms with van der Waals surface area (Å²) in [5.41, 5.74) is 3.48. The molecule has 11 nitrogen and oxygen atoms in total. The monoisotopic (exact) mass is 620 g/mol. The quantitative estimate of drug-likeness (QED) is 0.210. The molecule has 5 N–H and O–H groups in total. The number of urea groups is 1. The van der Waals surface area contributed by atoms with E-state index < -0.39 is 36.0 Å². The van der Waals surface area contributed by atoms with Crippen molar-refractivity contribution in [3.63, 3.8) is 0 Å². The van der Waals surface area contributed by atoms with Crippen LogP contribution in [0.4, 0.5) is 16.2 Å². The van der Waals surface area contributed by atoms with Crippen LogP contribution in [-0.4, -0.2) is 63.5 Å². The van der Waals surface area contributed by atoms with E-state index >= 15 is 0 Å². The van der Waals surface area contributed by atoms with E-state index in [1.165, 1.54) is 11.8 Å². The van der Waals surface area contributed by atoms with Gasteiger partial charge < -0.3 is 31.1 Å². The van der Waals surface area contributed by atoms with Gasteiger partial charge in [0.25, 0.3) is 0 Å². The van der Waals surface area contributed by atoms with Gasteiger partial charge in [0.2, 0.25) is 11.8 Å². The maximum absolute atomic E-state index is 13.3. The molecule has 0 bridgehead atoms. The van der Waals surface area contributed by atoms with E-state index in [0.29, 0.717) is 34.8 Å². The molecule has 1 saturated heterocycles. The van der Waals surface area contributed by atoms with E-state index in [0.717, 1.165) is 11.1 Å². The lowest BCUT2D eigenvalue weighted by Gasteiger charge is -2.24. The fourth-order valence-electron chi connectivity index (χ4n) is 5.14. The topological polar surface area (TPSA) is 165 Å². The van der Waals surface area contributed by atoms with Crippen molar-refractivity contribution in [2.75, 3.05) is 17.2 Å². The molecule has 0 aromatic heterocycles. The van der Waals surface area contributed by atoms with Crippen molar-refractivity contribution in [3.8, 4) is 0 Å². The van der Waals surface area contributed by atoms with Gasteiger partial charge in [0, 0.05) is 48.6 Å². The van der Waals surface area contributed by atoms with Crippen LogP contribution >= 0.6 is 11.6 Å². The number of carboxylic acids is 2. The summed E-state index contributed by atoms with van der Waals surface area (Å²) >= 11 is 5.87. The third-order valence-electron chi connectivity index (χ3n) is 7.46. The van der Waals surface area contributed by atoms with E-state index in [4.69, 9.17) is 16.7 Å². The normalized spacial score (nSPS) is 16.5. The van der Waals surface area contributed by atoms with Crippen LogP contribution in [0.1, 0.15) is 42.4 Å². The first-order valence-electron chi connectivity index (χ1n) is 14.0. The summed E-state index contributed by atoms with van der Waals surface area (Å²) in [6.07, 6.45) is 0.680. The number of nitrogens with zero attached hydrogens (tertiary/aromatic N) is 1. The average Bonchev–Trinajstić information content (AvgIpc) is 3.44. The molecule has 12 heteroatoms. The smallest absolute Gasteiger partial charge is 0.326 e. The van der Waals surface area contributed by atoms with Crippen LogP contribution in [0.2, 0.25) is 5.02 Å². The number of carbonyl (C=O) groups excluding carboxylic acids is 3. The lowest BCUT2D eigenvalue weighted by Crippen LogP contribution is -2.51. The Morgan fingerprint density at radius 3 is 1.98 bits per heavy atom. The van der Waals surface area contributed by atoms with Crippen molar-refractivity contribution >= 4 is 52.8 Å². The van der Waals surface area contributed by atoms with Gasteiger partial charge in [0.05, 0.1) is 0 Å². The lowest BCUT2D eigenvalue weighted by molar-refractivity contribution is -0.143. The van der Waals surface area contributed by atoms with E-state index in [1.807, 2.05) is 12.1 Å². The highest BCUT2D eigenvalue weighted by Crippen LogP contribution is 2.33. The van der Waals surface area contributed by atoms with Crippen LogP contribution in [0, 0.1) is 0 Å². The molecule has 230 valence electrons. The SMILES string of the molecule is CC(=O)N1CC(c2ccc(NC(=O)Nc3ccc(Cl)cc3)cc2)CC1C(=O)NC(Cc1ccc(CCC(=O)O)cc1)C(=O)O. The zero-order chi connectivity index (χ0) is 31.8. The molecule has 1 fully saturated rings. The van der Waals surface area contributed by atoms with Crippen LogP contribution in [0.15, 0.2) is 72.8 Å². The Morgan fingerprint density at radius 2 is 1.43 bits per heavy atom. The number of rotatable bonds is 11. The maximum Gasteiger partial charge on any atom is 0.326 e. The number of hydrogen-bond donors (Lipinski definition) is 5. The van der Waals surface area contributed by atoms with E-state index in [2.05, 4.69) is 16.0 Å². The van der Waals surface area contributed by atoms with Crippen molar-refractivity contribution < 1.29 is 34.2 Å². The second kappa shape index (κ2) is 14.5. The van der Waals surface area contributed by atoms with Crippen molar-refractivity contribution in [2.45, 2.75) is 50.6 Å². The minimum Gasteiger partial charge on any atom is -0.481 e. The molecule has 1 aliphatic heterocycles. The summed E-state index contributed by atoms with van der Waals surface area (Å²) in [7, 11) is 0. The van der Waals surface area contributed by atoms with Gasteiger partial charge in [-0.1, -0.05) is 48.0 Å². The number of hydrogen-bond acceptors (Lipinski definition) is 5. The van der Waals surface area contributed by atoms with Gasteiger partial charge in [-0.3, -0.25) is 14.4 Å². The van der Waals surface area contributed by atoms with Gasteiger partial charge in [-0.05, 0) is 65.9 Å². The molecule has 0 saturated carbocycles. The first-order valence-corrected chi connectivity index (χ1v) is 14.4. The van der Waals surface area contributed by atoms with Gasteiger partial charge >= 0.3 is 18.0 Å². The molecule has 1 heterocycles. The summed E-state index contributed by atoms with van der Waals surface area (Å²) in [6.45, 7) is 1.66. The summed E-state index contributed by atoms with van der Waals surface area (Å²) in [4.78, 5) is 62.4. The van der Waals surface area contributed by atoms with Crippen molar-refractivity contribution in [1.29, 1.82) is 0 Å². The van der Waals surface area contributed by atoms with Gasteiger partial charge in [-0.25, -0.2) is 9.59 Å². The molecule has 3 aromatic rings. The van der Waals surface area contributed by atoms with E-state index in [1.54, 1.807) is 60.7 Å². The Bertz CT molecular complexity index is 1510. The number of likely N-dealkylation sites (tertiary alicyclic amines) is 1. The molecule has 1 aliphatic rings. The van der Waals surface area contributed by atoms with Crippen LogP contribution in [-0.2, 0) is 32.0 Å². The van der Waals surface area contributed by atoms with Gasteiger partial charge in [-0.2, -0.15) is 0 Å². The number of aryl methyl sites for hydroxylation is 1. The minimum absolute atomic E-state index is 0.00843. The molecule has 0 spiro atoms. The molecular formula is C32H33ClN4O7. The largest absolute Gasteiger partial charge is 0.481 e. The zero-order valence-corrected chi connectivity index (χ0v) is 24.7. The van der Waals surface area contributed by atoms with E-state index in [-0.39, 0.29) is 31.2 Å². The Hall–Kier alpha value is -4.90. The number of carboxylic acid groups (broad SMARTS) is 2. The number of nitrogens with one attached hydrogen (secondary N) is 3. The van der Waals surface area contributed by atoms with Gasteiger partial charge in [-0.15, -0.1) is 0 Å². The summed E-state index contributed by atoms with van der Waals surface area (Å²) in [5, 5.41) is 27.3. The van der Waals surface area contributed by atoms with Crippen LogP contribution in [0.3, 0.4) is 0 Å². The number of benzene rings is 3. The molecular weight excluding hydrogens is 588 g/mol. The molecule has 3 unspecified atom stereocenters. The molecule has 3 aromatic carbocycles. The Balaban J connectivity index is 1.36. The Labute approximate surface area is 259 Å². The molecule has 4 amide bonds. The lowest BCUT2D eigenvalue weighted by atomic mass is 9.95. The molecule has 3 atom stereocenters. The summed E-state index contributed by atoms with van der Waals surface area (Å²) in [5.74, 6) is -3.13. The Kier molecular flexibility index (Phi) is 10.6. The zero-order valence-electron chi connectivity index (χ0n) is 24.0. The highest BCUT2D eigenvalue weighted by atomic mass is 35.5. The third-order valence-corrected chi connectivity index (χ3v) is 7.71. The summed E-state index contributed by atoms with van der Waals surface area (Å²) in [6, 6.07) is 18.2. The highest BCUT2D eigenvalue weighted by molar-refractivity contribution is 6.30. The van der Waals surface area contributed by atoms with Crippen LogP contribution in [0.5, 0.6) is 0 Å². The standard InChI is InChI=1S/C32H33ClN4O7/c1-19(38)37-18-23(22-7-11-25(12-8-22)34-32(44)35-26-13-9-24(33)10-14-26)17-28(37)30(41)36-27(31(42)43)16-21-4-2-20(3-5-21)6-15-29(39)40/h2-5,7-14,23,27-28H,6,15-18H2,1H3,(H,36,41)(H,39,40)(H,42,43)(H2,34,35,44).